The Labute approximate surface area is 163 Å². The molecule has 1 heterocycles. The number of benzene rings is 2. The Morgan fingerprint density at radius 1 is 1.03 bits per heavy atom. The van der Waals surface area contributed by atoms with Gasteiger partial charge in [-0.3, -0.25) is 9.59 Å². The van der Waals surface area contributed by atoms with Crippen molar-refractivity contribution in [1.29, 1.82) is 0 Å². The second kappa shape index (κ2) is 6.80. The molecule has 2 aromatic carbocycles. The fourth-order valence-electron chi connectivity index (χ4n) is 3.50. The quantitative estimate of drug-likeness (QED) is 0.701. The highest BCUT2D eigenvalue weighted by Crippen LogP contribution is 2.44. The van der Waals surface area contributed by atoms with Gasteiger partial charge in [0, 0.05) is 0 Å². The van der Waals surface area contributed by atoms with Crippen LogP contribution >= 0.6 is 0 Å². The summed E-state index contributed by atoms with van der Waals surface area (Å²) in [5.41, 5.74) is 0.737. The molecule has 2 N–H and O–H groups in total. The van der Waals surface area contributed by atoms with E-state index >= 15 is 0 Å². The molecule has 0 spiro atoms. The van der Waals surface area contributed by atoms with Crippen LogP contribution in [0.15, 0.2) is 59.4 Å². The summed E-state index contributed by atoms with van der Waals surface area (Å²) < 4.78 is 43.5. The van der Waals surface area contributed by atoms with Gasteiger partial charge in [0.2, 0.25) is 0 Å². The molecule has 0 radical (unpaired) electrons. The van der Waals surface area contributed by atoms with E-state index in [0.717, 1.165) is 28.3 Å². The van der Waals surface area contributed by atoms with E-state index in [1.807, 2.05) is 30.3 Å². The molecule has 8 heteroatoms. The largest absolute Gasteiger partial charge is 0.497 e. The Bertz CT molecular complexity index is 1170. The molecule has 1 aliphatic rings. The number of carbonyl (C=O) groups is 1. The van der Waals surface area contributed by atoms with E-state index < -0.39 is 34.9 Å². The second-order valence-corrected chi connectivity index (χ2v) is 6.56. The maximum absolute atomic E-state index is 12.7. The van der Waals surface area contributed by atoms with Gasteiger partial charge in [0.05, 0.1) is 13.2 Å². The van der Waals surface area contributed by atoms with Gasteiger partial charge in [-0.25, -0.2) is 0 Å². The van der Waals surface area contributed by atoms with Crippen LogP contribution < -0.4 is 15.6 Å². The van der Waals surface area contributed by atoms with Gasteiger partial charge in [-0.15, -0.1) is 0 Å². The summed E-state index contributed by atoms with van der Waals surface area (Å²) in [5, 5.41) is 2.76. The number of pyridine rings is 1. The average molecular weight is 400 g/mol. The van der Waals surface area contributed by atoms with Crippen molar-refractivity contribution in [3.8, 4) is 16.9 Å². The SMILES string of the molecule is COc1ccc2c(c1)C(NC(=O)c1ccc(C(F)(F)F)[nH]c1=O)c1ccccc1-2. The zero-order valence-electron chi connectivity index (χ0n) is 15.1. The van der Waals surface area contributed by atoms with E-state index in [1.54, 1.807) is 17.1 Å². The predicted molar refractivity (Wildman–Crippen MR) is 99.8 cm³/mol. The Morgan fingerprint density at radius 2 is 1.76 bits per heavy atom. The molecule has 3 aromatic rings. The number of methoxy groups -OCH3 is 1. The van der Waals surface area contributed by atoms with Gasteiger partial charge >= 0.3 is 6.18 Å². The summed E-state index contributed by atoms with van der Waals surface area (Å²) in [6, 6.07) is 13.9. The van der Waals surface area contributed by atoms with Crippen LogP contribution in [0.25, 0.3) is 11.1 Å². The smallest absolute Gasteiger partial charge is 0.431 e. The third kappa shape index (κ3) is 3.26. The summed E-state index contributed by atoms with van der Waals surface area (Å²) in [6.45, 7) is 0. The van der Waals surface area contributed by atoms with Crippen molar-refractivity contribution >= 4 is 5.91 Å². The second-order valence-electron chi connectivity index (χ2n) is 6.56. The highest BCUT2D eigenvalue weighted by molar-refractivity contribution is 5.95. The molecular formula is C21H15F3N2O3. The number of halogens is 3. The Kier molecular flexibility index (Phi) is 4.41. The lowest BCUT2D eigenvalue weighted by molar-refractivity contribution is -0.141. The number of aromatic nitrogens is 1. The van der Waals surface area contributed by atoms with Crippen molar-refractivity contribution < 1.29 is 22.7 Å². The molecule has 0 aliphatic heterocycles. The third-order valence-corrected chi connectivity index (χ3v) is 4.87. The first-order valence-electron chi connectivity index (χ1n) is 8.68. The van der Waals surface area contributed by atoms with Gasteiger partial charge in [0.15, 0.2) is 0 Å². The maximum Gasteiger partial charge on any atom is 0.431 e. The number of hydrogen-bond donors (Lipinski definition) is 2. The standard InChI is InChI=1S/C21H15F3N2O3/c1-29-11-6-7-13-12-4-2-3-5-14(12)18(16(13)10-11)26-20(28)15-8-9-17(21(22,23)24)25-19(15)27/h2-10,18H,1H3,(H,25,27)(H,26,28). The monoisotopic (exact) mass is 400 g/mol. The normalized spacial score (nSPS) is 14.8. The number of hydrogen-bond acceptors (Lipinski definition) is 3. The van der Waals surface area contributed by atoms with E-state index in [2.05, 4.69) is 5.32 Å². The van der Waals surface area contributed by atoms with Gasteiger partial charge in [-0.2, -0.15) is 13.2 Å². The zero-order valence-corrected chi connectivity index (χ0v) is 15.1. The molecule has 1 aromatic heterocycles. The summed E-state index contributed by atoms with van der Waals surface area (Å²) in [4.78, 5) is 26.5. The molecule has 0 fully saturated rings. The minimum absolute atomic E-state index is 0.396. The predicted octanol–water partition coefficient (Wildman–Crippen LogP) is 3.90. The summed E-state index contributed by atoms with van der Waals surface area (Å²) in [5.74, 6) is -0.168. The van der Waals surface area contributed by atoms with E-state index in [-0.39, 0.29) is 0 Å². The third-order valence-electron chi connectivity index (χ3n) is 4.87. The van der Waals surface area contributed by atoms with Gasteiger partial charge in [0.1, 0.15) is 17.0 Å². The van der Waals surface area contributed by atoms with Crippen molar-refractivity contribution in [2.45, 2.75) is 12.2 Å². The fourth-order valence-corrected chi connectivity index (χ4v) is 3.50. The molecule has 148 valence electrons. The van der Waals surface area contributed by atoms with Crippen LogP contribution in [-0.2, 0) is 6.18 Å². The number of aromatic amines is 1. The van der Waals surface area contributed by atoms with Crippen LogP contribution in [0.3, 0.4) is 0 Å². The van der Waals surface area contributed by atoms with E-state index in [4.69, 9.17) is 4.74 Å². The minimum Gasteiger partial charge on any atom is -0.497 e. The van der Waals surface area contributed by atoms with Crippen molar-refractivity contribution in [1.82, 2.24) is 10.3 Å². The van der Waals surface area contributed by atoms with Gasteiger partial charge < -0.3 is 15.0 Å². The lowest BCUT2D eigenvalue weighted by Crippen LogP contribution is -2.33. The first-order valence-corrected chi connectivity index (χ1v) is 8.68. The average Bonchev–Trinajstić information content (AvgIpc) is 3.00. The van der Waals surface area contributed by atoms with E-state index in [9.17, 15) is 22.8 Å². The molecule has 0 saturated heterocycles. The Morgan fingerprint density at radius 3 is 2.45 bits per heavy atom. The lowest BCUT2D eigenvalue weighted by Gasteiger charge is -2.16. The number of alkyl halides is 3. The van der Waals surface area contributed by atoms with Crippen LogP contribution in [-0.4, -0.2) is 18.0 Å². The topological polar surface area (TPSA) is 71.2 Å². The zero-order chi connectivity index (χ0) is 20.8. The lowest BCUT2D eigenvalue weighted by atomic mass is 10.0. The summed E-state index contributed by atoms with van der Waals surface area (Å²) >= 11 is 0. The number of amides is 1. The molecule has 5 nitrogen and oxygen atoms in total. The number of ether oxygens (including phenoxy) is 1. The van der Waals surface area contributed by atoms with Crippen LogP contribution in [0.1, 0.15) is 33.2 Å². The highest BCUT2D eigenvalue weighted by Gasteiger charge is 2.33. The number of H-pyrrole nitrogens is 1. The van der Waals surface area contributed by atoms with Gasteiger partial charge in [0.25, 0.3) is 11.5 Å². The molecule has 4 rings (SSSR count). The number of fused-ring (bicyclic) bond motifs is 3. The van der Waals surface area contributed by atoms with Crippen LogP contribution in [0.5, 0.6) is 5.75 Å². The van der Waals surface area contributed by atoms with Crippen LogP contribution in [0.4, 0.5) is 13.2 Å². The number of nitrogens with one attached hydrogen (secondary N) is 2. The van der Waals surface area contributed by atoms with Crippen molar-refractivity contribution in [3.63, 3.8) is 0 Å². The molecule has 1 amide bonds. The first-order chi connectivity index (χ1) is 13.8. The van der Waals surface area contributed by atoms with Crippen molar-refractivity contribution in [3.05, 3.63) is 87.3 Å². The molecule has 0 saturated carbocycles. The molecular weight excluding hydrogens is 385 g/mol. The summed E-state index contributed by atoms with van der Waals surface area (Å²) in [7, 11) is 1.53. The molecule has 1 atom stereocenters. The summed E-state index contributed by atoms with van der Waals surface area (Å²) in [6.07, 6.45) is -4.70. The highest BCUT2D eigenvalue weighted by atomic mass is 19.4. The van der Waals surface area contributed by atoms with Crippen molar-refractivity contribution in [2.75, 3.05) is 7.11 Å². The Hall–Kier alpha value is -3.55. The van der Waals surface area contributed by atoms with Gasteiger partial charge in [-0.05, 0) is 46.5 Å². The van der Waals surface area contributed by atoms with Crippen LogP contribution in [0, 0.1) is 0 Å². The Balaban J connectivity index is 1.71. The van der Waals surface area contributed by atoms with Gasteiger partial charge in [-0.1, -0.05) is 30.3 Å². The minimum atomic E-state index is -4.70. The number of rotatable bonds is 3. The molecule has 0 bridgehead atoms. The molecule has 1 unspecified atom stereocenters. The molecule has 29 heavy (non-hydrogen) atoms. The van der Waals surface area contributed by atoms with Crippen LogP contribution in [0.2, 0.25) is 0 Å². The van der Waals surface area contributed by atoms with Crippen molar-refractivity contribution in [2.24, 2.45) is 0 Å². The molecule has 1 aliphatic carbocycles. The fraction of sp³-hybridized carbons (Fsp3) is 0.143. The maximum atomic E-state index is 12.7. The van der Waals surface area contributed by atoms with E-state index in [1.165, 1.54) is 7.11 Å². The number of carbonyl (C=O) groups excluding carboxylic acids is 1. The first kappa shape index (κ1) is 18.8. The van der Waals surface area contributed by atoms with E-state index in [0.29, 0.717) is 11.8 Å².